The van der Waals surface area contributed by atoms with Crippen LogP contribution in [0.3, 0.4) is 0 Å². The van der Waals surface area contributed by atoms with Gasteiger partial charge in [0.2, 0.25) is 0 Å². The van der Waals surface area contributed by atoms with E-state index in [1.54, 1.807) is 13.3 Å². The van der Waals surface area contributed by atoms with Crippen LogP contribution in [0.2, 0.25) is 0 Å². The Hall–Kier alpha value is -2.05. The molecule has 0 bridgehead atoms. The molecular weight excluding hydrogens is 266 g/mol. The predicted molar refractivity (Wildman–Crippen MR) is 84.4 cm³/mol. The average molecular weight is 289 g/mol. The number of nitrogens with two attached hydrogens (primary N) is 1. The van der Waals surface area contributed by atoms with Crippen molar-refractivity contribution < 1.29 is 4.74 Å². The summed E-state index contributed by atoms with van der Waals surface area (Å²) in [5.41, 5.74) is 5.99. The average Bonchev–Trinajstić information content (AvgIpc) is 2.91. The monoisotopic (exact) mass is 289 g/mol. The summed E-state index contributed by atoms with van der Waals surface area (Å²) in [6.45, 7) is 2.80. The molecule has 0 aliphatic carbocycles. The Labute approximate surface area is 125 Å². The fourth-order valence-electron chi connectivity index (χ4n) is 2.39. The van der Waals surface area contributed by atoms with E-state index in [0.29, 0.717) is 0 Å². The Bertz CT molecular complexity index is 572. The Balaban J connectivity index is 2.49. The van der Waals surface area contributed by atoms with E-state index in [2.05, 4.69) is 27.6 Å². The van der Waals surface area contributed by atoms with Crippen molar-refractivity contribution in [3.8, 4) is 5.75 Å². The van der Waals surface area contributed by atoms with Gasteiger partial charge in [-0.1, -0.05) is 12.1 Å². The molecule has 6 nitrogen and oxygen atoms in total. The highest BCUT2D eigenvalue weighted by Crippen LogP contribution is 2.30. The van der Waals surface area contributed by atoms with E-state index >= 15 is 0 Å². The quantitative estimate of drug-likeness (QED) is 0.623. The van der Waals surface area contributed by atoms with Gasteiger partial charge in [0.1, 0.15) is 5.69 Å². The van der Waals surface area contributed by atoms with Crippen LogP contribution in [0.4, 0.5) is 5.69 Å². The van der Waals surface area contributed by atoms with Crippen LogP contribution < -0.4 is 20.9 Å². The zero-order chi connectivity index (χ0) is 15.4. The number of nitrogens with one attached hydrogen (secondary N) is 1. The van der Waals surface area contributed by atoms with Gasteiger partial charge in [-0.2, -0.15) is 5.10 Å². The molecule has 0 fully saturated rings. The molecule has 3 N–H and O–H groups in total. The van der Waals surface area contributed by atoms with Crippen molar-refractivity contribution >= 4 is 5.69 Å². The summed E-state index contributed by atoms with van der Waals surface area (Å²) in [7, 11) is 5.67. The number of methoxy groups -OCH3 is 1. The second-order valence-electron chi connectivity index (χ2n) is 5.00. The van der Waals surface area contributed by atoms with Gasteiger partial charge in [0, 0.05) is 26.3 Å². The van der Waals surface area contributed by atoms with Gasteiger partial charge < -0.3 is 9.64 Å². The summed E-state index contributed by atoms with van der Waals surface area (Å²) in [6, 6.07) is 8.06. The molecule has 114 valence electrons. The minimum Gasteiger partial charge on any atom is -0.493 e. The van der Waals surface area contributed by atoms with E-state index < -0.39 is 0 Å². The van der Waals surface area contributed by atoms with E-state index in [9.17, 15) is 0 Å². The van der Waals surface area contributed by atoms with Gasteiger partial charge in [0.25, 0.3) is 0 Å². The third kappa shape index (κ3) is 3.01. The number of nitrogens with zero attached hydrogens (tertiary/aromatic N) is 3. The van der Waals surface area contributed by atoms with Crippen molar-refractivity contribution in [1.29, 1.82) is 0 Å². The predicted octanol–water partition coefficient (Wildman–Crippen LogP) is 1.53. The molecule has 2 rings (SSSR count). The summed E-state index contributed by atoms with van der Waals surface area (Å²) >= 11 is 0. The normalized spacial score (nSPS) is 12.2. The van der Waals surface area contributed by atoms with E-state index in [1.807, 2.05) is 37.8 Å². The molecule has 0 aliphatic rings. The van der Waals surface area contributed by atoms with Crippen LogP contribution in [-0.4, -0.2) is 31.0 Å². The molecule has 1 aromatic heterocycles. The topological polar surface area (TPSA) is 68.3 Å². The summed E-state index contributed by atoms with van der Waals surface area (Å²) < 4.78 is 7.32. The number of hydrogen-bond donors (Lipinski definition) is 2. The molecular formula is C15H23N5O. The third-order valence-corrected chi connectivity index (χ3v) is 3.52. The number of ether oxygens (including phenoxy) is 1. The van der Waals surface area contributed by atoms with Crippen molar-refractivity contribution in [2.45, 2.75) is 19.5 Å². The lowest BCUT2D eigenvalue weighted by atomic mass is 10.0. The maximum atomic E-state index is 5.81. The van der Waals surface area contributed by atoms with Crippen LogP contribution >= 0.6 is 0 Å². The number of rotatable bonds is 6. The molecule has 0 radical (unpaired) electrons. The lowest BCUT2D eigenvalue weighted by Crippen LogP contribution is -2.31. The van der Waals surface area contributed by atoms with Crippen LogP contribution in [0, 0.1) is 0 Å². The minimum atomic E-state index is -0.178. The fraction of sp³-hybridized carbons (Fsp3) is 0.400. The molecule has 0 spiro atoms. The molecule has 6 heteroatoms. The van der Waals surface area contributed by atoms with Gasteiger partial charge in [-0.05, 0) is 24.6 Å². The van der Waals surface area contributed by atoms with Gasteiger partial charge in [-0.25, -0.2) is 5.43 Å². The van der Waals surface area contributed by atoms with Crippen LogP contribution in [0.5, 0.6) is 5.75 Å². The number of hydrogen-bond acceptors (Lipinski definition) is 5. The number of benzene rings is 1. The molecule has 21 heavy (non-hydrogen) atoms. The number of aromatic nitrogens is 2. The first-order chi connectivity index (χ1) is 10.1. The SMILES string of the molecule is CCn1ncc(OC)c1C(NN)c1cccc(N(C)C)c1. The smallest absolute Gasteiger partial charge is 0.161 e. The molecule has 1 atom stereocenters. The van der Waals surface area contributed by atoms with Gasteiger partial charge in [-0.3, -0.25) is 10.5 Å². The van der Waals surface area contributed by atoms with E-state index in [-0.39, 0.29) is 6.04 Å². The third-order valence-electron chi connectivity index (χ3n) is 3.52. The summed E-state index contributed by atoms with van der Waals surface area (Å²) in [4.78, 5) is 2.06. The number of anilines is 1. The number of aryl methyl sites for hydroxylation is 1. The fourth-order valence-corrected chi connectivity index (χ4v) is 2.39. The standard InChI is InChI=1S/C15H23N5O/c1-5-20-15(13(21-4)10-17-20)14(18-16)11-7-6-8-12(9-11)19(2)3/h6-10,14,18H,5,16H2,1-4H3. The second-order valence-corrected chi connectivity index (χ2v) is 5.00. The molecule has 0 amide bonds. The second kappa shape index (κ2) is 6.60. The van der Waals surface area contributed by atoms with Gasteiger partial charge in [0.05, 0.1) is 19.3 Å². The molecule has 1 aromatic carbocycles. The van der Waals surface area contributed by atoms with Crippen molar-refractivity contribution in [2.24, 2.45) is 5.84 Å². The number of hydrazine groups is 1. The Morgan fingerprint density at radius 1 is 1.43 bits per heavy atom. The zero-order valence-electron chi connectivity index (χ0n) is 13.0. The summed E-state index contributed by atoms with van der Waals surface area (Å²) in [5, 5.41) is 4.34. The van der Waals surface area contributed by atoms with Crippen LogP contribution in [-0.2, 0) is 6.54 Å². The Morgan fingerprint density at radius 2 is 2.19 bits per heavy atom. The molecule has 1 heterocycles. The first-order valence-electron chi connectivity index (χ1n) is 6.95. The van der Waals surface area contributed by atoms with E-state index in [0.717, 1.165) is 29.2 Å². The highest BCUT2D eigenvalue weighted by atomic mass is 16.5. The van der Waals surface area contributed by atoms with E-state index in [1.165, 1.54) is 0 Å². The highest BCUT2D eigenvalue weighted by molar-refractivity contribution is 5.49. The summed E-state index contributed by atoms with van der Waals surface area (Å²) in [5.74, 6) is 6.54. The summed E-state index contributed by atoms with van der Waals surface area (Å²) in [6.07, 6.45) is 1.72. The molecule has 0 saturated carbocycles. The maximum absolute atomic E-state index is 5.81. The zero-order valence-corrected chi connectivity index (χ0v) is 13.0. The largest absolute Gasteiger partial charge is 0.493 e. The van der Waals surface area contributed by atoms with Crippen molar-refractivity contribution in [3.63, 3.8) is 0 Å². The van der Waals surface area contributed by atoms with Crippen molar-refractivity contribution in [3.05, 3.63) is 41.7 Å². The molecule has 2 aromatic rings. The molecule has 0 saturated heterocycles. The van der Waals surface area contributed by atoms with Crippen LogP contribution in [0.15, 0.2) is 30.5 Å². The Morgan fingerprint density at radius 3 is 2.76 bits per heavy atom. The minimum absolute atomic E-state index is 0.178. The van der Waals surface area contributed by atoms with Gasteiger partial charge >= 0.3 is 0 Å². The molecule has 0 aliphatic heterocycles. The maximum Gasteiger partial charge on any atom is 0.161 e. The van der Waals surface area contributed by atoms with Gasteiger partial charge in [0.15, 0.2) is 5.75 Å². The first-order valence-corrected chi connectivity index (χ1v) is 6.95. The van der Waals surface area contributed by atoms with Crippen molar-refractivity contribution in [1.82, 2.24) is 15.2 Å². The van der Waals surface area contributed by atoms with Crippen LogP contribution in [0.25, 0.3) is 0 Å². The Kier molecular flexibility index (Phi) is 4.82. The van der Waals surface area contributed by atoms with Gasteiger partial charge in [-0.15, -0.1) is 0 Å². The highest BCUT2D eigenvalue weighted by Gasteiger charge is 2.22. The van der Waals surface area contributed by atoms with Crippen molar-refractivity contribution in [2.75, 3.05) is 26.1 Å². The lowest BCUT2D eigenvalue weighted by molar-refractivity contribution is 0.399. The molecule has 1 unspecified atom stereocenters. The lowest BCUT2D eigenvalue weighted by Gasteiger charge is -2.21. The van der Waals surface area contributed by atoms with E-state index in [4.69, 9.17) is 10.6 Å². The van der Waals surface area contributed by atoms with Crippen LogP contribution in [0.1, 0.15) is 24.2 Å². The first kappa shape index (κ1) is 15.3.